The zero-order valence-corrected chi connectivity index (χ0v) is 12.0. The summed E-state index contributed by atoms with van der Waals surface area (Å²) in [7, 11) is 0. The number of hydrogen-bond acceptors (Lipinski definition) is 2. The lowest BCUT2D eigenvalue weighted by Gasteiger charge is -2.33. The molecule has 1 saturated carbocycles. The number of carbonyl (C=O) groups excluding carboxylic acids is 1. The monoisotopic (exact) mass is 260 g/mol. The second-order valence-corrected chi connectivity index (χ2v) is 6.13. The zero-order chi connectivity index (χ0) is 13.9. The van der Waals surface area contributed by atoms with Crippen LogP contribution >= 0.6 is 0 Å². The number of aryl methyl sites for hydroxylation is 1. The van der Waals surface area contributed by atoms with Gasteiger partial charge in [-0.2, -0.15) is 0 Å². The molecule has 3 N–H and O–H groups in total. The highest BCUT2D eigenvalue weighted by Gasteiger charge is 2.27. The fourth-order valence-electron chi connectivity index (χ4n) is 2.76. The van der Waals surface area contributed by atoms with Crippen LogP contribution in [0.5, 0.6) is 0 Å². The van der Waals surface area contributed by atoms with Crippen LogP contribution in [0.3, 0.4) is 0 Å². The van der Waals surface area contributed by atoms with E-state index in [2.05, 4.69) is 12.2 Å². The van der Waals surface area contributed by atoms with Gasteiger partial charge >= 0.3 is 0 Å². The number of benzene rings is 1. The van der Waals surface area contributed by atoms with Crippen LogP contribution in [0, 0.1) is 12.3 Å². The van der Waals surface area contributed by atoms with E-state index in [1.807, 2.05) is 19.1 Å². The third kappa shape index (κ3) is 3.49. The summed E-state index contributed by atoms with van der Waals surface area (Å²) in [4.78, 5) is 12.1. The second kappa shape index (κ2) is 5.64. The lowest BCUT2D eigenvalue weighted by molar-refractivity contribution is 0.0919. The van der Waals surface area contributed by atoms with Crippen LogP contribution in [0.4, 0.5) is 5.69 Å². The van der Waals surface area contributed by atoms with Crippen LogP contribution in [-0.2, 0) is 0 Å². The molecule has 0 spiro atoms. The quantitative estimate of drug-likeness (QED) is 0.819. The Bertz CT molecular complexity index is 462. The molecular weight excluding hydrogens is 236 g/mol. The first-order chi connectivity index (χ1) is 9.00. The summed E-state index contributed by atoms with van der Waals surface area (Å²) >= 11 is 0. The van der Waals surface area contributed by atoms with Gasteiger partial charge in [-0.1, -0.05) is 32.3 Å². The fraction of sp³-hybridized carbons (Fsp3) is 0.562. The maximum atomic E-state index is 12.1. The molecule has 1 aliphatic carbocycles. The lowest BCUT2D eigenvalue weighted by atomic mass is 9.76. The van der Waals surface area contributed by atoms with Crippen LogP contribution in [0.25, 0.3) is 0 Å². The van der Waals surface area contributed by atoms with Crippen molar-refractivity contribution in [3.63, 3.8) is 0 Å². The molecule has 2 rings (SSSR count). The molecule has 1 fully saturated rings. The van der Waals surface area contributed by atoms with Gasteiger partial charge in [-0.05, 0) is 42.9 Å². The molecule has 0 saturated heterocycles. The molecule has 1 amide bonds. The molecule has 0 aromatic heterocycles. The first kappa shape index (κ1) is 13.9. The van der Waals surface area contributed by atoms with Gasteiger partial charge in [-0.15, -0.1) is 0 Å². The molecule has 3 nitrogen and oxygen atoms in total. The van der Waals surface area contributed by atoms with Gasteiger partial charge in [-0.25, -0.2) is 0 Å². The minimum Gasteiger partial charge on any atom is -0.398 e. The van der Waals surface area contributed by atoms with E-state index in [9.17, 15) is 4.79 Å². The molecule has 0 bridgehead atoms. The van der Waals surface area contributed by atoms with E-state index in [4.69, 9.17) is 5.73 Å². The first-order valence-electron chi connectivity index (χ1n) is 7.15. The number of amides is 1. The summed E-state index contributed by atoms with van der Waals surface area (Å²) in [6.45, 7) is 4.98. The van der Waals surface area contributed by atoms with Gasteiger partial charge in [0, 0.05) is 17.8 Å². The highest BCUT2D eigenvalue weighted by Crippen LogP contribution is 2.34. The number of nitrogens with two attached hydrogens (primary N) is 1. The van der Waals surface area contributed by atoms with Crippen molar-refractivity contribution >= 4 is 11.6 Å². The molecule has 3 heteroatoms. The van der Waals surface area contributed by atoms with Crippen LogP contribution in [0.15, 0.2) is 18.2 Å². The predicted molar refractivity (Wildman–Crippen MR) is 79.1 cm³/mol. The average molecular weight is 260 g/mol. The number of nitrogen functional groups attached to an aromatic ring is 1. The Morgan fingerprint density at radius 2 is 2.00 bits per heavy atom. The Morgan fingerprint density at radius 1 is 1.32 bits per heavy atom. The fourth-order valence-corrected chi connectivity index (χ4v) is 2.76. The number of carbonyl (C=O) groups is 1. The zero-order valence-electron chi connectivity index (χ0n) is 12.0. The summed E-state index contributed by atoms with van der Waals surface area (Å²) in [6.07, 6.45) is 6.32. The molecule has 0 aliphatic heterocycles. The molecule has 19 heavy (non-hydrogen) atoms. The smallest absolute Gasteiger partial charge is 0.251 e. The van der Waals surface area contributed by atoms with Crippen molar-refractivity contribution in [1.82, 2.24) is 5.32 Å². The third-order valence-corrected chi connectivity index (χ3v) is 4.28. The van der Waals surface area contributed by atoms with Gasteiger partial charge in [0.1, 0.15) is 0 Å². The van der Waals surface area contributed by atoms with Crippen molar-refractivity contribution < 1.29 is 4.79 Å². The summed E-state index contributed by atoms with van der Waals surface area (Å²) in [6, 6.07) is 5.49. The Morgan fingerprint density at radius 3 is 2.63 bits per heavy atom. The van der Waals surface area contributed by atoms with Crippen molar-refractivity contribution in [3.05, 3.63) is 29.3 Å². The van der Waals surface area contributed by atoms with E-state index in [1.54, 1.807) is 6.07 Å². The Labute approximate surface area is 115 Å². The number of hydrogen-bond donors (Lipinski definition) is 2. The van der Waals surface area contributed by atoms with E-state index in [0.717, 1.165) is 12.1 Å². The second-order valence-electron chi connectivity index (χ2n) is 6.13. The third-order valence-electron chi connectivity index (χ3n) is 4.28. The highest BCUT2D eigenvalue weighted by molar-refractivity contribution is 5.95. The van der Waals surface area contributed by atoms with Gasteiger partial charge in [0.25, 0.3) is 5.91 Å². The van der Waals surface area contributed by atoms with Gasteiger partial charge in [0.2, 0.25) is 0 Å². The maximum Gasteiger partial charge on any atom is 0.251 e. The predicted octanol–water partition coefficient (Wildman–Crippen LogP) is 3.28. The lowest BCUT2D eigenvalue weighted by Crippen LogP contribution is -2.37. The van der Waals surface area contributed by atoms with Gasteiger partial charge in [0.05, 0.1) is 0 Å². The van der Waals surface area contributed by atoms with E-state index in [-0.39, 0.29) is 11.3 Å². The molecule has 0 unspecified atom stereocenters. The minimum absolute atomic E-state index is 0.0153. The topological polar surface area (TPSA) is 55.1 Å². The first-order valence-corrected chi connectivity index (χ1v) is 7.15. The van der Waals surface area contributed by atoms with E-state index < -0.39 is 0 Å². The van der Waals surface area contributed by atoms with Crippen LogP contribution < -0.4 is 11.1 Å². The molecule has 1 aromatic rings. The summed E-state index contributed by atoms with van der Waals surface area (Å²) in [5, 5.41) is 3.06. The van der Waals surface area contributed by atoms with Gasteiger partial charge < -0.3 is 11.1 Å². The van der Waals surface area contributed by atoms with E-state index >= 15 is 0 Å². The van der Waals surface area contributed by atoms with Crippen molar-refractivity contribution in [1.29, 1.82) is 0 Å². The van der Waals surface area contributed by atoms with E-state index in [1.165, 1.54) is 32.1 Å². The standard InChI is InChI=1S/C16H24N2O/c1-12-6-7-13(10-14(12)17)15(19)18-11-16(2)8-4-3-5-9-16/h6-7,10H,3-5,8-9,11,17H2,1-2H3,(H,18,19). The molecule has 0 radical (unpaired) electrons. The number of rotatable bonds is 3. The summed E-state index contributed by atoms with van der Waals surface area (Å²) in [5.74, 6) is -0.0153. The van der Waals surface area contributed by atoms with Crippen LogP contribution in [-0.4, -0.2) is 12.5 Å². The number of anilines is 1. The van der Waals surface area contributed by atoms with Gasteiger partial charge in [-0.3, -0.25) is 4.79 Å². The Kier molecular flexibility index (Phi) is 4.13. The van der Waals surface area contributed by atoms with Crippen molar-refractivity contribution in [2.45, 2.75) is 46.0 Å². The normalized spacial score (nSPS) is 18.0. The van der Waals surface area contributed by atoms with E-state index in [0.29, 0.717) is 11.3 Å². The molecular formula is C16H24N2O. The largest absolute Gasteiger partial charge is 0.398 e. The average Bonchev–Trinajstić information content (AvgIpc) is 2.40. The highest BCUT2D eigenvalue weighted by atomic mass is 16.1. The molecule has 1 aromatic carbocycles. The SMILES string of the molecule is Cc1ccc(C(=O)NCC2(C)CCCCC2)cc1N. The Hall–Kier alpha value is -1.51. The Balaban J connectivity index is 1.95. The molecule has 104 valence electrons. The van der Waals surface area contributed by atoms with Gasteiger partial charge in [0.15, 0.2) is 0 Å². The molecule has 1 aliphatic rings. The minimum atomic E-state index is -0.0153. The maximum absolute atomic E-state index is 12.1. The number of nitrogens with one attached hydrogen (secondary N) is 1. The van der Waals surface area contributed by atoms with Crippen molar-refractivity contribution in [2.24, 2.45) is 5.41 Å². The van der Waals surface area contributed by atoms with Crippen LogP contribution in [0.2, 0.25) is 0 Å². The van der Waals surface area contributed by atoms with Crippen LogP contribution in [0.1, 0.15) is 54.9 Å². The summed E-state index contributed by atoms with van der Waals surface area (Å²) in [5.41, 5.74) is 8.45. The summed E-state index contributed by atoms with van der Waals surface area (Å²) < 4.78 is 0. The van der Waals surface area contributed by atoms with Crippen molar-refractivity contribution in [3.8, 4) is 0 Å². The molecule has 0 atom stereocenters. The molecule has 0 heterocycles. The van der Waals surface area contributed by atoms with Crippen molar-refractivity contribution in [2.75, 3.05) is 12.3 Å².